The third-order valence-electron chi connectivity index (χ3n) is 4.00. The van der Waals surface area contributed by atoms with Crippen LogP contribution in [0.2, 0.25) is 0 Å². The Balaban J connectivity index is 2.00. The lowest BCUT2D eigenvalue weighted by atomic mass is 10.1. The van der Waals surface area contributed by atoms with Crippen molar-refractivity contribution in [3.8, 4) is 0 Å². The first-order valence-electron chi connectivity index (χ1n) is 7.58. The molecule has 0 saturated heterocycles. The van der Waals surface area contributed by atoms with E-state index in [0.29, 0.717) is 30.4 Å². The number of fused-ring (bicyclic) bond motifs is 1. The molecular weight excluding hydrogens is 310 g/mol. The van der Waals surface area contributed by atoms with E-state index in [1.54, 1.807) is 18.4 Å². The number of amides is 1. The van der Waals surface area contributed by atoms with Crippen molar-refractivity contribution in [2.24, 2.45) is 5.10 Å². The van der Waals surface area contributed by atoms with E-state index in [9.17, 15) is 14.9 Å². The summed E-state index contributed by atoms with van der Waals surface area (Å²) in [6.07, 6.45) is 4.63. The van der Waals surface area contributed by atoms with Crippen molar-refractivity contribution in [3.05, 3.63) is 46.8 Å². The van der Waals surface area contributed by atoms with Crippen LogP contribution in [-0.4, -0.2) is 37.6 Å². The van der Waals surface area contributed by atoms with Crippen LogP contribution in [0.25, 0.3) is 11.0 Å². The number of rotatable bonds is 5. The lowest BCUT2D eigenvalue weighted by Crippen LogP contribution is -2.33. The highest BCUT2D eigenvalue weighted by Gasteiger charge is 2.26. The lowest BCUT2D eigenvalue weighted by molar-refractivity contribution is -0.384. The van der Waals surface area contributed by atoms with Gasteiger partial charge in [-0.05, 0) is 6.07 Å². The Bertz CT molecular complexity index is 855. The Hall–Kier alpha value is -3.03. The highest BCUT2D eigenvalue weighted by molar-refractivity contribution is 5.79. The monoisotopic (exact) mass is 327 g/mol. The minimum atomic E-state index is -0.424. The summed E-state index contributed by atoms with van der Waals surface area (Å²) in [5.41, 5.74) is 1.40. The molecule has 8 nitrogen and oxygen atoms in total. The number of nitro benzene ring substituents is 1. The SMILES string of the molecule is C=CCn1c(CC2CC=NN2C(C)=O)nc2ccc([N+](=O)[O-])cc21. The van der Waals surface area contributed by atoms with Crippen LogP contribution < -0.4 is 0 Å². The predicted molar refractivity (Wildman–Crippen MR) is 89.7 cm³/mol. The average molecular weight is 327 g/mol. The number of carbonyl (C=O) groups is 1. The third-order valence-corrected chi connectivity index (χ3v) is 4.00. The number of benzene rings is 1. The number of hydrazone groups is 1. The fourth-order valence-corrected chi connectivity index (χ4v) is 2.93. The summed E-state index contributed by atoms with van der Waals surface area (Å²) in [7, 11) is 0. The van der Waals surface area contributed by atoms with Crippen molar-refractivity contribution in [3.63, 3.8) is 0 Å². The van der Waals surface area contributed by atoms with Crippen molar-refractivity contribution in [1.82, 2.24) is 14.6 Å². The summed E-state index contributed by atoms with van der Waals surface area (Å²) in [4.78, 5) is 26.8. The molecule has 0 N–H and O–H groups in total. The minimum Gasteiger partial charge on any atom is -0.324 e. The minimum absolute atomic E-state index is 0.0221. The fraction of sp³-hybridized carbons (Fsp3) is 0.312. The molecule has 2 aromatic rings. The highest BCUT2D eigenvalue weighted by atomic mass is 16.6. The summed E-state index contributed by atoms with van der Waals surface area (Å²) in [5.74, 6) is 0.642. The summed E-state index contributed by atoms with van der Waals surface area (Å²) in [6, 6.07) is 4.52. The third kappa shape index (κ3) is 2.78. The van der Waals surface area contributed by atoms with Crippen LogP contribution in [0.1, 0.15) is 19.2 Å². The number of hydrogen-bond acceptors (Lipinski definition) is 5. The van der Waals surface area contributed by atoms with Gasteiger partial charge in [-0.25, -0.2) is 9.99 Å². The number of imidazole rings is 1. The Morgan fingerprint density at radius 2 is 2.33 bits per heavy atom. The quantitative estimate of drug-likeness (QED) is 0.478. The van der Waals surface area contributed by atoms with Crippen LogP contribution in [0.5, 0.6) is 0 Å². The molecule has 1 amide bonds. The number of non-ortho nitro benzene ring substituents is 1. The van der Waals surface area contributed by atoms with Gasteiger partial charge in [0.05, 0.1) is 22.0 Å². The number of carbonyl (C=O) groups excluding carboxylic acids is 1. The molecule has 0 radical (unpaired) electrons. The Morgan fingerprint density at radius 3 is 3.00 bits per heavy atom. The van der Waals surface area contributed by atoms with Crippen LogP contribution in [0.15, 0.2) is 36.0 Å². The van der Waals surface area contributed by atoms with Gasteiger partial charge in [-0.3, -0.25) is 14.9 Å². The van der Waals surface area contributed by atoms with Gasteiger partial charge >= 0.3 is 0 Å². The lowest BCUT2D eigenvalue weighted by Gasteiger charge is -2.20. The molecule has 24 heavy (non-hydrogen) atoms. The number of aromatic nitrogens is 2. The predicted octanol–water partition coefficient (Wildman–Crippen LogP) is 2.28. The summed E-state index contributed by atoms with van der Waals surface area (Å²) in [6.45, 7) is 5.71. The first kappa shape index (κ1) is 15.9. The zero-order valence-corrected chi connectivity index (χ0v) is 13.3. The molecule has 0 spiro atoms. The van der Waals surface area contributed by atoms with Gasteiger partial charge < -0.3 is 4.57 Å². The van der Waals surface area contributed by atoms with E-state index in [-0.39, 0.29) is 17.6 Å². The second-order valence-corrected chi connectivity index (χ2v) is 5.61. The molecule has 8 heteroatoms. The molecule has 1 unspecified atom stereocenters. The van der Waals surface area contributed by atoms with E-state index in [0.717, 1.165) is 5.82 Å². The van der Waals surface area contributed by atoms with Gasteiger partial charge in [0.2, 0.25) is 5.91 Å². The van der Waals surface area contributed by atoms with E-state index < -0.39 is 4.92 Å². The molecule has 3 rings (SSSR count). The molecule has 0 aliphatic carbocycles. The molecule has 0 bridgehead atoms. The molecule has 0 saturated carbocycles. The normalized spacial score (nSPS) is 16.7. The number of allylic oxidation sites excluding steroid dienone is 1. The first-order chi connectivity index (χ1) is 11.5. The highest BCUT2D eigenvalue weighted by Crippen LogP contribution is 2.24. The zero-order valence-electron chi connectivity index (χ0n) is 13.3. The van der Waals surface area contributed by atoms with Crippen LogP contribution in [0, 0.1) is 10.1 Å². The molecule has 124 valence electrons. The van der Waals surface area contributed by atoms with Crippen molar-refractivity contribution >= 4 is 28.8 Å². The second kappa shape index (κ2) is 6.23. The van der Waals surface area contributed by atoms with Gasteiger partial charge in [0.15, 0.2) is 0 Å². The summed E-state index contributed by atoms with van der Waals surface area (Å²) >= 11 is 0. The number of nitro groups is 1. The Labute approximate surface area is 138 Å². The maximum Gasteiger partial charge on any atom is 0.271 e. The van der Waals surface area contributed by atoms with E-state index in [2.05, 4.69) is 16.7 Å². The number of nitrogens with zero attached hydrogens (tertiary/aromatic N) is 5. The fourth-order valence-electron chi connectivity index (χ4n) is 2.93. The first-order valence-corrected chi connectivity index (χ1v) is 7.58. The smallest absolute Gasteiger partial charge is 0.271 e. The Morgan fingerprint density at radius 1 is 1.54 bits per heavy atom. The molecule has 1 aromatic heterocycles. The molecule has 1 atom stereocenters. The van der Waals surface area contributed by atoms with Crippen LogP contribution in [0.3, 0.4) is 0 Å². The van der Waals surface area contributed by atoms with Crippen LogP contribution >= 0.6 is 0 Å². The van der Waals surface area contributed by atoms with E-state index in [1.807, 2.05) is 4.57 Å². The molecular formula is C16H17N5O3. The van der Waals surface area contributed by atoms with Crippen LogP contribution in [-0.2, 0) is 17.8 Å². The van der Waals surface area contributed by atoms with Crippen molar-refractivity contribution in [2.75, 3.05) is 0 Å². The van der Waals surface area contributed by atoms with Crippen LogP contribution in [0.4, 0.5) is 5.69 Å². The van der Waals surface area contributed by atoms with Crippen molar-refractivity contribution in [2.45, 2.75) is 32.4 Å². The topological polar surface area (TPSA) is 93.6 Å². The van der Waals surface area contributed by atoms with Gasteiger partial charge in [-0.2, -0.15) is 5.10 Å². The van der Waals surface area contributed by atoms with E-state index in [4.69, 9.17) is 0 Å². The average Bonchev–Trinajstić information content (AvgIpc) is 3.13. The zero-order chi connectivity index (χ0) is 17.3. The molecule has 0 fully saturated rings. The second-order valence-electron chi connectivity index (χ2n) is 5.61. The summed E-state index contributed by atoms with van der Waals surface area (Å²) < 4.78 is 1.89. The van der Waals surface area contributed by atoms with E-state index in [1.165, 1.54) is 24.1 Å². The molecule has 1 aliphatic rings. The largest absolute Gasteiger partial charge is 0.324 e. The van der Waals surface area contributed by atoms with Gasteiger partial charge in [-0.15, -0.1) is 6.58 Å². The molecule has 2 heterocycles. The van der Waals surface area contributed by atoms with Crippen molar-refractivity contribution in [1.29, 1.82) is 0 Å². The molecule has 1 aromatic carbocycles. The van der Waals surface area contributed by atoms with Gasteiger partial charge in [0.1, 0.15) is 5.82 Å². The summed E-state index contributed by atoms with van der Waals surface area (Å²) in [5, 5.41) is 16.6. The number of hydrogen-bond donors (Lipinski definition) is 0. The van der Waals surface area contributed by atoms with Gasteiger partial charge in [-0.1, -0.05) is 6.08 Å². The maximum atomic E-state index is 11.6. The van der Waals surface area contributed by atoms with Gasteiger partial charge in [0.25, 0.3) is 5.69 Å². The standard InChI is InChI=1S/C16H17N5O3/c1-3-8-19-15-9-13(21(23)24)4-5-14(15)18-16(19)10-12-6-7-17-20(12)11(2)22/h3-5,7,9,12H,1,6,8,10H2,2H3. The Kier molecular flexibility index (Phi) is 4.11. The van der Waals surface area contributed by atoms with Crippen molar-refractivity contribution < 1.29 is 9.72 Å². The van der Waals surface area contributed by atoms with Gasteiger partial charge in [0, 0.05) is 44.7 Å². The molecule has 1 aliphatic heterocycles. The van der Waals surface area contributed by atoms with E-state index >= 15 is 0 Å². The maximum absolute atomic E-state index is 11.6.